The monoisotopic (exact) mass is 416 g/mol. The lowest BCUT2D eigenvalue weighted by Crippen LogP contribution is -2.35. The van der Waals surface area contributed by atoms with Crippen molar-refractivity contribution in [1.29, 1.82) is 0 Å². The zero-order valence-electron chi connectivity index (χ0n) is 17.7. The Hall–Kier alpha value is -2.47. The number of carbonyl (C=O) groups is 1. The summed E-state index contributed by atoms with van der Waals surface area (Å²) in [6.07, 6.45) is 3.55. The minimum absolute atomic E-state index is 0.0531. The van der Waals surface area contributed by atoms with E-state index < -0.39 is 11.6 Å². The summed E-state index contributed by atoms with van der Waals surface area (Å²) >= 11 is 0. The third-order valence-corrected chi connectivity index (χ3v) is 5.72. The van der Waals surface area contributed by atoms with Crippen LogP contribution in [0.4, 0.5) is 8.78 Å². The molecule has 30 heavy (non-hydrogen) atoms. The fourth-order valence-electron chi connectivity index (χ4n) is 4.10. The molecule has 1 N–H and O–H groups in total. The quantitative estimate of drug-likeness (QED) is 0.684. The molecular formula is C24H30F2N2O2. The van der Waals surface area contributed by atoms with Gasteiger partial charge in [-0.05, 0) is 73.5 Å². The van der Waals surface area contributed by atoms with Crippen LogP contribution in [0.15, 0.2) is 36.4 Å². The Balaban J connectivity index is 1.42. The number of hydrogen-bond donors (Lipinski definition) is 1. The average Bonchev–Trinajstić information content (AvgIpc) is 2.73. The van der Waals surface area contributed by atoms with Gasteiger partial charge >= 0.3 is 0 Å². The molecule has 1 atom stereocenters. The average molecular weight is 417 g/mol. The Labute approximate surface area is 177 Å². The highest BCUT2D eigenvalue weighted by molar-refractivity contribution is 5.75. The third kappa shape index (κ3) is 6.26. The third-order valence-electron chi connectivity index (χ3n) is 5.72. The number of nitrogens with zero attached hydrogens (tertiary/aromatic N) is 1. The van der Waals surface area contributed by atoms with E-state index in [1.807, 2.05) is 6.07 Å². The second kappa shape index (κ2) is 10.5. The first-order valence-corrected chi connectivity index (χ1v) is 10.5. The summed E-state index contributed by atoms with van der Waals surface area (Å²) in [6, 6.07) is 9.99. The number of ether oxygens (including phenoxy) is 1. The van der Waals surface area contributed by atoms with Crippen LogP contribution in [0.3, 0.4) is 0 Å². The lowest BCUT2D eigenvalue weighted by molar-refractivity contribution is -0.121. The molecule has 0 aromatic heterocycles. The SMILES string of the molecule is COc1ccc(CN2CCC[C@H](CCC(=O)NCc3ccc(F)c(F)c3)C2)cc1C. The molecule has 1 saturated heterocycles. The molecule has 2 aromatic rings. The molecule has 4 nitrogen and oxygen atoms in total. The predicted octanol–water partition coefficient (Wildman–Crippen LogP) is 4.59. The van der Waals surface area contributed by atoms with Gasteiger partial charge in [0, 0.05) is 26.1 Å². The van der Waals surface area contributed by atoms with Gasteiger partial charge in [0.15, 0.2) is 11.6 Å². The number of hydrogen-bond acceptors (Lipinski definition) is 3. The van der Waals surface area contributed by atoms with Crippen LogP contribution in [0, 0.1) is 24.5 Å². The number of benzene rings is 2. The van der Waals surface area contributed by atoms with Gasteiger partial charge in [0.05, 0.1) is 7.11 Å². The molecule has 1 heterocycles. The number of aryl methyl sites for hydroxylation is 1. The predicted molar refractivity (Wildman–Crippen MR) is 113 cm³/mol. The molecule has 2 aromatic carbocycles. The number of likely N-dealkylation sites (tertiary alicyclic amines) is 1. The lowest BCUT2D eigenvalue weighted by atomic mass is 9.93. The van der Waals surface area contributed by atoms with Crippen molar-refractivity contribution < 1.29 is 18.3 Å². The molecule has 6 heteroatoms. The summed E-state index contributed by atoms with van der Waals surface area (Å²) in [5.41, 5.74) is 2.97. The van der Waals surface area contributed by atoms with Crippen molar-refractivity contribution in [3.05, 3.63) is 64.7 Å². The Morgan fingerprint density at radius 2 is 1.97 bits per heavy atom. The molecule has 1 aliphatic heterocycles. The smallest absolute Gasteiger partial charge is 0.220 e. The highest BCUT2D eigenvalue weighted by Gasteiger charge is 2.21. The van der Waals surface area contributed by atoms with Gasteiger partial charge in [-0.3, -0.25) is 9.69 Å². The molecular weight excluding hydrogens is 386 g/mol. The van der Waals surface area contributed by atoms with Gasteiger partial charge < -0.3 is 10.1 Å². The van der Waals surface area contributed by atoms with Crippen molar-refractivity contribution in [3.8, 4) is 5.75 Å². The summed E-state index contributed by atoms with van der Waals surface area (Å²) in [7, 11) is 1.69. The fourth-order valence-corrected chi connectivity index (χ4v) is 4.10. The van der Waals surface area contributed by atoms with Crippen LogP contribution in [0.25, 0.3) is 0 Å². The van der Waals surface area contributed by atoms with E-state index in [4.69, 9.17) is 4.74 Å². The van der Waals surface area contributed by atoms with E-state index in [-0.39, 0.29) is 12.5 Å². The van der Waals surface area contributed by atoms with Crippen LogP contribution in [0.5, 0.6) is 5.75 Å². The number of nitrogens with one attached hydrogen (secondary N) is 1. The van der Waals surface area contributed by atoms with Crippen molar-refractivity contribution in [3.63, 3.8) is 0 Å². The highest BCUT2D eigenvalue weighted by atomic mass is 19.2. The lowest BCUT2D eigenvalue weighted by Gasteiger charge is -2.32. The van der Waals surface area contributed by atoms with Gasteiger partial charge in [-0.1, -0.05) is 18.2 Å². The maximum atomic E-state index is 13.2. The van der Waals surface area contributed by atoms with Crippen molar-refractivity contribution in [2.45, 2.75) is 45.7 Å². The summed E-state index contributed by atoms with van der Waals surface area (Å²) in [5, 5.41) is 2.80. The molecule has 1 amide bonds. The van der Waals surface area contributed by atoms with Crippen LogP contribution in [-0.4, -0.2) is 31.0 Å². The van der Waals surface area contributed by atoms with E-state index in [0.717, 1.165) is 62.3 Å². The maximum absolute atomic E-state index is 13.2. The van der Waals surface area contributed by atoms with Gasteiger partial charge in [0.1, 0.15) is 5.75 Å². The number of halogens is 2. The standard InChI is InChI=1S/C24H30F2N2O2/c1-17-12-20(6-9-23(17)30-2)16-28-11-3-4-18(15-28)7-10-24(29)27-14-19-5-8-21(25)22(26)13-19/h5-6,8-9,12-13,18H,3-4,7,10-11,14-16H2,1-2H3,(H,27,29)/t18-/m1/s1. The van der Waals surface area contributed by atoms with Gasteiger partial charge in [-0.15, -0.1) is 0 Å². The van der Waals surface area contributed by atoms with E-state index in [0.29, 0.717) is 17.9 Å². The Morgan fingerprint density at radius 1 is 1.17 bits per heavy atom. The van der Waals surface area contributed by atoms with E-state index in [9.17, 15) is 13.6 Å². The summed E-state index contributed by atoms with van der Waals surface area (Å²) < 4.78 is 31.6. The normalized spacial score (nSPS) is 17.0. The van der Waals surface area contributed by atoms with Crippen LogP contribution in [0.2, 0.25) is 0 Å². The molecule has 3 rings (SSSR count). The van der Waals surface area contributed by atoms with Gasteiger partial charge in [-0.25, -0.2) is 8.78 Å². The number of piperidine rings is 1. The molecule has 0 saturated carbocycles. The molecule has 0 unspecified atom stereocenters. The molecule has 0 spiro atoms. The molecule has 0 radical (unpaired) electrons. The Morgan fingerprint density at radius 3 is 2.70 bits per heavy atom. The first-order chi connectivity index (χ1) is 14.4. The first-order valence-electron chi connectivity index (χ1n) is 10.5. The molecule has 1 fully saturated rings. The molecule has 0 aliphatic carbocycles. The molecule has 0 bridgehead atoms. The Bertz CT molecular complexity index is 872. The maximum Gasteiger partial charge on any atom is 0.220 e. The zero-order chi connectivity index (χ0) is 21.5. The van der Waals surface area contributed by atoms with Gasteiger partial charge in [0.25, 0.3) is 0 Å². The molecule has 1 aliphatic rings. The number of rotatable bonds is 8. The summed E-state index contributed by atoms with van der Waals surface area (Å²) in [5.74, 6) is -0.424. The van der Waals surface area contributed by atoms with Gasteiger partial charge in [-0.2, -0.15) is 0 Å². The van der Waals surface area contributed by atoms with Crippen LogP contribution in [0.1, 0.15) is 42.4 Å². The van der Waals surface area contributed by atoms with Crippen LogP contribution >= 0.6 is 0 Å². The first kappa shape index (κ1) is 22.2. The summed E-state index contributed by atoms with van der Waals surface area (Å²) in [6.45, 7) is 5.24. The highest BCUT2D eigenvalue weighted by Crippen LogP contribution is 2.24. The topological polar surface area (TPSA) is 41.6 Å². The van der Waals surface area contributed by atoms with Gasteiger partial charge in [0.2, 0.25) is 5.91 Å². The number of methoxy groups -OCH3 is 1. The molecule has 162 valence electrons. The van der Waals surface area contributed by atoms with Crippen molar-refractivity contribution in [2.75, 3.05) is 20.2 Å². The minimum Gasteiger partial charge on any atom is -0.496 e. The zero-order valence-corrected chi connectivity index (χ0v) is 17.7. The van der Waals surface area contributed by atoms with E-state index in [1.54, 1.807) is 7.11 Å². The second-order valence-electron chi connectivity index (χ2n) is 8.11. The van der Waals surface area contributed by atoms with E-state index >= 15 is 0 Å². The number of carbonyl (C=O) groups excluding carboxylic acids is 1. The Kier molecular flexibility index (Phi) is 7.80. The van der Waals surface area contributed by atoms with Crippen LogP contribution in [-0.2, 0) is 17.9 Å². The number of amides is 1. The van der Waals surface area contributed by atoms with Crippen molar-refractivity contribution >= 4 is 5.91 Å². The second-order valence-corrected chi connectivity index (χ2v) is 8.11. The largest absolute Gasteiger partial charge is 0.496 e. The fraction of sp³-hybridized carbons (Fsp3) is 0.458. The van der Waals surface area contributed by atoms with Crippen LogP contribution < -0.4 is 10.1 Å². The van der Waals surface area contributed by atoms with Crippen molar-refractivity contribution in [2.24, 2.45) is 5.92 Å². The van der Waals surface area contributed by atoms with E-state index in [2.05, 4.69) is 29.3 Å². The summed E-state index contributed by atoms with van der Waals surface area (Å²) in [4.78, 5) is 14.6. The minimum atomic E-state index is -0.893. The van der Waals surface area contributed by atoms with Crippen molar-refractivity contribution in [1.82, 2.24) is 10.2 Å². The van der Waals surface area contributed by atoms with E-state index in [1.165, 1.54) is 11.6 Å².